The zero-order valence-corrected chi connectivity index (χ0v) is 15.3. The van der Waals surface area contributed by atoms with E-state index in [0.29, 0.717) is 5.69 Å². The van der Waals surface area contributed by atoms with Crippen molar-refractivity contribution in [1.82, 2.24) is 9.88 Å². The van der Waals surface area contributed by atoms with E-state index >= 15 is 0 Å². The molecular weight excluding hydrogens is 368 g/mol. The Kier molecular flexibility index (Phi) is 5.66. The zero-order valence-electron chi connectivity index (χ0n) is 14.5. The van der Waals surface area contributed by atoms with Crippen molar-refractivity contribution in [1.29, 1.82) is 0 Å². The van der Waals surface area contributed by atoms with Gasteiger partial charge in [-0.3, -0.25) is 14.6 Å². The molecule has 0 saturated carbocycles. The number of carbonyl (C=O) groups excluding carboxylic acids is 3. The Bertz CT molecular complexity index is 883. The van der Waals surface area contributed by atoms with Crippen LogP contribution < -0.4 is 0 Å². The highest BCUT2D eigenvalue weighted by molar-refractivity contribution is 6.45. The standard InChI is InChI=1S/C20H17ClN2O4/c1-13-19(14-7-3-2-4-8-14)27-20(26)23(13)18(25)12-17(24)16(21)11-15-9-5-6-10-22-15/h2-11,13,19H,12H2,1H3/b16-11+/t13-,19-/m0/s1. The first-order chi connectivity index (χ1) is 13.0. The van der Waals surface area contributed by atoms with Gasteiger partial charge in [-0.2, -0.15) is 0 Å². The first-order valence-electron chi connectivity index (χ1n) is 8.36. The summed E-state index contributed by atoms with van der Waals surface area (Å²) >= 11 is 6.00. The van der Waals surface area contributed by atoms with Crippen molar-refractivity contribution >= 4 is 35.5 Å². The molecule has 1 aliphatic rings. The SMILES string of the molecule is C[C@H]1[C@@H](c2ccccc2)OC(=O)N1C(=O)CC(=O)/C(Cl)=C\c1ccccn1. The largest absolute Gasteiger partial charge is 0.439 e. The lowest BCUT2D eigenvalue weighted by atomic mass is 10.0. The molecule has 7 heteroatoms. The van der Waals surface area contributed by atoms with Gasteiger partial charge in [-0.25, -0.2) is 9.69 Å². The van der Waals surface area contributed by atoms with Gasteiger partial charge in [0.05, 0.1) is 23.2 Å². The fourth-order valence-corrected chi connectivity index (χ4v) is 3.04. The predicted octanol–water partition coefficient (Wildman–Crippen LogP) is 3.73. The Morgan fingerprint density at radius 2 is 1.89 bits per heavy atom. The first kappa shape index (κ1) is 18.8. The Balaban J connectivity index is 1.69. The van der Waals surface area contributed by atoms with E-state index in [4.69, 9.17) is 16.3 Å². The summed E-state index contributed by atoms with van der Waals surface area (Å²) in [5.74, 6) is -1.24. The lowest BCUT2D eigenvalue weighted by Crippen LogP contribution is -2.38. The van der Waals surface area contributed by atoms with Crippen LogP contribution in [0.25, 0.3) is 6.08 Å². The maximum atomic E-state index is 12.5. The molecule has 27 heavy (non-hydrogen) atoms. The minimum Gasteiger partial charge on any atom is -0.439 e. The second-order valence-corrected chi connectivity index (χ2v) is 6.47. The molecule has 1 aromatic carbocycles. The molecule has 0 N–H and O–H groups in total. The predicted molar refractivity (Wildman–Crippen MR) is 99.7 cm³/mol. The molecule has 2 atom stereocenters. The van der Waals surface area contributed by atoms with Gasteiger partial charge < -0.3 is 4.74 Å². The Morgan fingerprint density at radius 1 is 1.19 bits per heavy atom. The number of imide groups is 1. The quantitative estimate of drug-likeness (QED) is 0.580. The number of pyridine rings is 1. The third-order valence-electron chi connectivity index (χ3n) is 4.21. The third-order valence-corrected chi connectivity index (χ3v) is 4.53. The number of rotatable bonds is 5. The summed E-state index contributed by atoms with van der Waals surface area (Å²) in [4.78, 5) is 41.9. The Labute approximate surface area is 161 Å². The van der Waals surface area contributed by atoms with E-state index in [1.54, 1.807) is 31.3 Å². The number of ether oxygens (including phenoxy) is 1. The topological polar surface area (TPSA) is 76.6 Å². The number of nitrogens with zero attached hydrogens (tertiary/aromatic N) is 2. The monoisotopic (exact) mass is 384 g/mol. The van der Waals surface area contributed by atoms with Crippen molar-refractivity contribution in [3.05, 3.63) is 71.0 Å². The highest BCUT2D eigenvalue weighted by atomic mass is 35.5. The Morgan fingerprint density at radius 3 is 2.56 bits per heavy atom. The molecule has 1 aromatic heterocycles. The second kappa shape index (κ2) is 8.14. The molecule has 2 amide bonds. The van der Waals surface area contributed by atoms with Crippen LogP contribution in [0, 0.1) is 0 Å². The van der Waals surface area contributed by atoms with Gasteiger partial charge in [0.25, 0.3) is 0 Å². The lowest BCUT2D eigenvalue weighted by molar-refractivity contribution is -0.132. The zero-order chi connectivity index (χ0) is 19.4. The van der Waals surface area contributed by atoms with Crippen LogP contribution in [0.2, 0.25) is 0 Å². The number of aromatic nitrogens is 1. The van der Waals surface area contributed by atoms with Gasteiger partial charge in [0.15, 0.2) is 5.78 Å². The Hall–Kier alpha value is -2.99. The number of halogens is 1. The summed E-state index contributed by atoms with van der Waals surface area (Å²) in [6.45, 7) is 1.70. The number of hydrogen-bond acceptors (Lipinski definition) is 5. The fourth-order valence-electron chi connectivity index (χ4n) is 2.86. The van der Waals surface area contributed by atoms with Crippen LogP contribution in [0.5, 0.6) is 0 Å². The van der Waals surface area contributed by atoms with Gasteiger partial charge >= 0.3 is 6.09 Å². The van der Waals surface area contributed by atoms with Crippen molar-refractivity contribution in [3.63, 3.8) is 0 Å². The molecule has 0 aliphatic carbocycles. The van der Waals surface area contributed by atoms with Gasteiger partial charge in [0, 0.05) is 6.20 Å². The van der Waals surface area contributed by atoms with Crippen molar-refractivity contribution < 1.29 is 19.1 Å². The van der Waals surface area contributed by atoms with E-state index in [2.05, 4.69) is 4.98 Å². The van der Waals surface area contributed by atoms with Crippen LogP contribution in [-0.2, 0) is 14.3 Å². The van der Waals surface area contributed by atoms with Gasteiger partial charge in [0.1, 0.15) is 6.10 Å². The van der Waals surface area contributed by atoms with Crippen LogP contribution in [-0.4, -0.2) is 33.7 Å². The van der Waals surface area contributed by atoms with Gasteiger partial charge in [-0.05, 0) is 30.7 Å². The molecule has 1 aliphatic heterocycles. The average Bonchev–Trinajstić information content (AvgIpc) is 2.97. The number of carbonyl (C=O) groups is 3. The molecule has 1 saturated heterocycles. The minimum atomic E-state index is -0.765. The van der Waals surface area contributed by atoms with E-state index in [0.717, 1.165) is 10.5 Å². The van der Waals surface area contributed by atoms with Gasteiger partial charge in [0.2, 0.25) is 5.91 Å². The van der Waals surface area contributed by atoms with Crippen LogP contribution in [0.4, 0.5) is 4.79 Å². The van der Waals surface area contributed by atoms with Crippen molar-refractivity contribution in [2.45, 2.75) is 25.5 Å². The molecule has 138 valence electrons. The number of cyclic esters (lactones) is 1. The highest BCUT2D eigenvalue weighted by Crippen LogP contribution is 2.32. The summed E-state index contributed by atoms with van der Waals surface area (Å²) in [7, 11) is 0. The van der Waals surface area contributed by atoms with Crippen molar-refractivity contribution in [2.75, 3.05) is 0 Å². The van der Waals surface area contributed by atoms with Crippen LogP contribution in [0.1, 0.15) is 30.7 Å². The van der Waals surface area contributed by atoms with Gasteiger partial charge in [-0.15, -0.1) is 0 Å². The first-order valence-corrected chi connectivity index (χ1v) is 8.74. The number of hydrogen-bond donors (Lipinski definition) is 0. The van der Waals surface area contributed by atoms with E-state index in [1.807, 2.05) is 30.3 Å². The normalized spacial score (nSPS) is 19.7. The van der Waals surface area contributed by atoms with Crippen LogP contribution >= 0.6 is 11.6 Å². The number of amides is 2. The smallest absolute Gasteiger partial charge is 0.417 e. The second-order valence-electron chi connectivity index (χ2n) is 6.07. The third kappa shape index (κ3) is 4.23. The summed E-state index contributed by atoms with van der Waals surface area (Å²) in [5, 5.41) is -0.123. The molecular formula is C20H17ClN2O4. The van der Waals surface area contributed by atoms with E-state index in [9.17, 15) is 14.4 Å². The molecule has 1 fully saturated rings. The molecule has 0 spiro atoms. The molecule has 0 unspecified atom stereocenters. The van der Waals surface area contributed by atoms with Gasteiger partial charge in [-0.1, -0.05) is 48.0 Å². The summed E-state index contributed by atoms with van der Waals surface area (Å²) in [6, 6.07) is 13.8. The van der Waals surface area contributed by atoms with E-state index in [-0.39, 0.29) is 5.03 Å². The number of ketones is 1. The average molecular weight is 385 g/mol. The molecule has 0 radical (unpaired) electrons. The van der Waals surface area contributed by atoms with Crippen molar-refractivity contribution in [3.8, 4) is 0 Å². The molecule has 6 nitrogen and oxygen atoms in total. The molecule has 3 rings (SSSR count). The summed E-state index contributed by atoms with van der Waals surface area (Å²) in [6.07, 6.45) is 1.09. The molecule has 2 aromatic rings. The van der Waals surface area contributed by atoms with Crippen LogP contribution in [0.3, 0.4) is 0 Å². The highest BCUT2D eigenvalue weighted by Gasteiger charge is 2.43. The summed E-state index contributed by atoms with van der Waals surface area (Å²) in [5.41, 5.74) is 1.29. The summed E-state index contributed by atoms with van der Waals surface area (Å²) < 4.78 is 5.33. The van der Waals surface area contributed by atoms with E-state index < -0.39 is 36.4 Å². The number of benzene rings is 1. The number of allylic oxidation sites excluding steroid dienone is 1. The van der Waals surface area contributed by atoms with Crippen molar-refractivity contribution in [2.24, 2.45) is 0 Å². The number of Topliss-reactive ketones (excluding diaryl/α,β-unsaturated/α-hetero) is 1. The van der Waals surface area contributed by atoms with E-state index in [1.165, 1.54) is 6.08 Å². The maximum Gasteiger partial charge on any atom is 0.417 e. The minimum absolute atomic E-state index is 0.123. The lowest BCUT2D eigenvalue weighted by Gasteiger charge is -2.19. The van der Waals surface area contributed by atoms with Crippen LogP contribution in [0.15, 0.2) is 59.8 Å². The fraction of sp³-hybridized carbons (Fsp3) is 0.200. The molecule has 0 bridgehead atoms. The maximum absolute atomic E-state index is 12.5. The molecule has 2 heterocycles.